The summed E-state index contributed by atoms with van der Waals surface area (Å²) in [5.74, 6) is 0.136. The van der Waals surface area contributed by atoms with Gasteiger partial charge in [0.15, 0.2) is 11.5 Å². The summed E-state index contributed by atoms with van der Waals surface area (Å²) in [5, 5.41) is 3.35. The van der Waals surface area contributed by atoms with E-state index < -0.39 is 12.0 Å². The van der Waals surface area contributed by atoms with Gasteiger partial charge < -0.3 is 24.4 Å². The monoisotopic (exact) mass is 526 g/mol. The van der Waals surface area contributed by atoms with Gasteiger partial charge >= 0.3 is 0 Å². The van der Waals surface area contributed by atoms with Gasteiger partial charge in [-0.2, -0.15) is 0 Å². The van der Waals surface area contributed by atoms with Crippen molar-refractivity contribution in [1.82, 2.24) is 4.90 Å². The van der Waals surface area contributed by atoms with Crippen LogP contribution in [0.4, 0.5) is 5.69 Å². The summed E-state index contributed by atoms with van der Waals surface area (Å²) in [6, 6.07) is 15.7. The predicted molar refractivity (Wildman–Crippen MR) is 142 cm³/mol. The highest BCUT2D eigenvalue weighted by Gasteiger charge is 2.43. The smallest absolute Gasteiger partial charge is 0.254 e. The molecule has 7 nitrogen and oxygen atoms in total. The zero-order valence-corrected chi connectivity index (χ0v) is 22.2. The lowest BCUT2D eigenvalue weighted by Gasteiger charge is -2.40. The summed E-state index contributed by atoms with van der Waals surface area (Å²) < 4.78 is 16.2. The first-order chi connectivity index (χ1) is 17.3. The van der Waals surface area contributed by atoms with Crippen molar-refractivity contribution in [2.75, 3.05) is 39.9 Å². The maximum Gasteiger partial charge on any atom is 0.254 e. The molecule has 0 bridgehead atoms. The highest BCUT2D eigenvalue weighted by molar-refractivity contribution is 7.98. The van der Waals surface area contributed by atoms with Gasteiger partial charge in [-0.15, -0.1) is 11.8 Å². The molecule has 2 amide bonds. The van der Waals surface area contributed by atoms with Crippen LogP contribution < -0.4 is 19.5 Å². The molecule has 3 aromatic rings. The molecular formula is C27H27ClN2O5S. The van der Waals surface area contributed by atoms with Gasteiger partial charge in [0.25, 0.3) is 5.91 Å². The molecule has 1 aliphatic rings. The SMILES string of the molecule is COc1ccc(NC(=O)[C@H]2c3cc(OC)c(OC)cc3C(=O)N(C)[C@@H]2c2ccc(SC)cc2)cc1Cl. The van der Waals surface area contributed by atoms with Crippen LogP contribution in [-0.4, -0.2) is 51.3 Å². The maximum atomic E-state index is 13.9. The highest BCUT2D eigenvalue weighted by Crippen LogP contribution is 2.46. The number of hydrogen-bond acceptors (Lipinski definition) is 6. The van der Waals surface area contributed by atoms with Crippen LogP contribution in [0.25, 0.3) is 0 Å². The Kier molecular flexibility index (Phi) is 7.66. The minimum atomic E-state index is -0.733. The number of hydrogen-bond donors (Lipinski definition) is 1. The third-order valence-electron chi connectivity index (χ3n) is 6.33. The normalized spacial score (nSPS) is 16.8. The van der Waals surface area contributed by atoms with E-state index in [9.17, 15) is 9.59 Å². The lowest BCUT2D eigenvalue weighted by molar-refractivity contribution is -0.119. The van der Waals surface area contributed by atoms with E-state index in [1.165, 1.54) is 21.3 Å². The lowest BCUT2D eigenvalue weighted by Crippen LogP contribution is -2.44. The summed E-state index contributed by atoms with van der Waals surface area (Å²) in [4.78, 5) is 30.1. The number of fused-ring (bicyclic) bond motifs is 1. The molecule has 0 radical (unpaired) electrons. The number of benzene rings is 3. The summed E-state index contributed by atoms with van der Waals surface area (Å²) in [7, 11) is 6.27. The van der Waals surface area contributed by atoms with E-state index in [4.69, 9.17) is 25.8 Å². The Morgan fingerprint density at radius 3 is 2.17 bits per heavy atom. The number of carbonyl (C=O) groups is 2. The molecule has 2 atom stereocenters. The predicted octanol–water partition coefficient (Wildman–Crippen LogP) is 5.64. The number of carbonyl (C=O) groups excluding carboxylic acids is 2. The van der Waals surface area contributed by atoms with Crippen molar-refractivity contribution < 1.29 is 23.8 Å². The van der Waals surface area contributed by atoms with Crippen LogP contribution in [0.5, 0.6) is 17.2 Å². The van der Waals surface area contributed by atoms with Gasteiger partial charge in [-0.1, -0.05) is 23.7 Å². The number of methoxy groups -OCH3 is 3. The number of rotatable bonds is 7. The molecule has 4 rings (SSSR count). The first kappa shape index (κ1) is 25.7. The van der Waals surface area contributed by atoms with Crippen molar-refractivity contribution in [1.29, 1.82) is 0 Å². The van der Waals surface area contributed by atoms with E-state index in [1.807, 2.05) is 30.5 Å². The maximum absolute atomic E-state index is 13.9. The zero-order chi connectivity index (χ0) is 26.0. The van der Waals surface area contributed by atoms with E-state index in [0.29, 0.717) is 39.1 Å². The topological polar surface area (TPSA) is 77.1 Å². The second-order valence-corrected chi connectivity index (χ2v) is 9.53. The summed E-state index contributed by atoms with van der Waals surface area (Å²) in [6.07, 6.45) is 2.00. The van der Waals surface area contributed by atoms with Crippen molar-refractivity contribution in [2.45, 2.75) is 16.9 Å². The van der Waals surface area contributed by atoms with Gasteiger partial charge in [-0.05, 0) is 59.8 Å². The largest absolute Gasteiger partial charge is 0.495 e. The fourth-order valence-electron chi connectivity index (χ4n) is 4.51. The van der Waals surface area contributed by atoms with Crippen LogP contribution in [0, 0.1) is 0 Å². The fraction of sp³-hybridized carbons (Fsp3) is 0.259. The molecule has 1 aliphatic heterocycles. The minimum Gasteiger partial charge on any atom is -0.495 e. The number of nitrogens with one attached hydrogen (secondary N) is 1. The fourth-order valence-corrected chi connectivity index (χ4v) is 5.18. The zero-order valence-electron chi connectivity index (χ0n) is 20.6. The van der Waals surface area contributed by atoms with Crippen LogP contribution >= 0.6 is 23.4 Å². The molecule has 36 heavy (non-hydrogen) atoms. The number of nitrogens with zero attached hydrogens (tertiary/aromatic N) is 1. The lowest BCUT2D eigenvalue weighted by atomic mass is 9.79. The van der Waals surface area contributed by atoms with Gasteiger partial charge in [-0.25, -0.2) is 0 Å². The molecule has 0 aromatic heterocycles. The van der Waals surface area contributed by atoms with E-state index in [1.54, 1.807) is 54.0 Å². The molecule has 0 saturated carbocycles. The Morgan fingerprint density at radius 2 is 1.58 bits per heavy atom. The number of thioether (sulfide) groups is 1. The number of anilines is 1. The van der Waals surface area contributed by atoms with Crippen molar-refractivity contribution in [3.05, 3.63) is 76.3 Å². The van der Waals surface area contributed by atoms with Crippen LogP contribution in [0.2, 0.25) is 5.02 Å². The summed E-state index contributed by atoms with van der Waals surface area (Å²) in [6.45, 7) is 0. The average molecular weight is 527 g/mol. The quantitative estimate of drug-likeness (QED) is 0.402. The molecule has 0 saturated heterocycles. The average Bonchev–Trinajstić information content (AvgIpc) is 2.89. The third-order valence-corrected chi connectivity index (χ3v) is 7.37. The van der Waals surface area contributed by atoms with Gasteiger partial charge in [0, 0.05) is 23.2 Å². The number of likely N-dealkylation sites (N-methyl/N-ethyl adjacent to an activating group) is 1. The van der Waals surface area contributed by atoms with Gasteiger partial charge in [-0.3, -0.25) is 9.59 Å². The molecular weight excluding hydrogens is 500 g/mol. The molecule has 0 spiro atoms. The Labute approximate surface area is 219 Å². The first-order valence-corrected chi connectivity index (χ1v) is 12.7. The second kappa shape index (κ2) is 10.7. The van der Waals surface area contributed by atoms with Crippen LogP contribution in [-0.2, 0) is 4.79 Å². The molecule has 0 aliphatic carbocycles. The number of amides is 2. The summed E-state index contributed by atoms with van der Waals surface area (Å²) in [5.41, 5.74) is 2.31. The van der Waals surface area contributed by atoms with E-state index in [0.717, 1.165) is 10.5 Å². The standard InChI is InChI=1S/C27H27ClN2O5S/c1-30-25(15-6-9-17(36-5)10-7-15)24(26(31)29-16-8-11-21(33-2)20(28)12-16)18-13-22(34-3)23(35-4)14-19(18)27(30)32/h6-14,24-25H,1-5H3,(H,29,31)/t24-,25+/m0/s1. The van der Waals surface area contributed by atoms with Gasteiger partial charge in [0.1, 0.15) is 5.75 Å². The Hall–Kier alpha value is -3.36. The molecule has 1 heterocycles. The van der Waals surface area contributed by atoms with Crippen LogP contribution in [0.1, 0.15) is 33.4 Å². The molecule has 188 valence electrons. The van der Waals surface area contributed by atoms with E-state index in [2.05, 4.69) is 5.32 Å². The second-order valence-electron chi connectivity index (χ2n) is 8.24. The van der Waals surface area contributed by atoms with E-state index >= 15 is 0 Å². The Balaban J connectivity index is 1.85. The molecule has 0 unspecified atom stereocenters. The van der Waals surface area contributed by atoms with Crippen molar-refractivity contribution in [2.24, 2.45) is 0 Å². The molecule has 3 aromatic carbocycles. The first-order valence-electron chi connectivity index (χ1n) is 11.1. The Bertz CT molecular complexity index is 1300. The third kappa shape index (κ3) is 4.70. The van der Waals surface area contributed by atoms with Crippen molar-refractivity contribution >= 4 is 40.9 Å². The summed E-state index contributed by atoms with van der Waals surface area (Å²) >= 11 is 7.91. The molecule has 9 heteroatoms. The van der Waals surface area contributed by atoms with Gasteiger partial charge in [0.05, 0.1) is 38.3 Å². The highest BCUT2D eigenvalue weighted by atomic mass is 35.5. The van der Waals surface area contributed by atoms with Crippen LogP contribution in [0.3, 0.4) is 0 Å². The van der Waals surface area contributed by atoms with E-state index in [-0.39, 0.29) is 11.8 Å². The number of ether oxygens (including phenoxy) is 3. The number of halogens is 1. The van der Waals surface area contributed by atoms with Crippen molar-refractivity contribution in [3.63, 3.8) is 0 Å². The van der Waals surface area contributed by atoms with Crippen LogP contribution in [0.15, 0.2) is 59.5 Å². The Morgan fingerprint density at radius 1 is 0.944 bits per heavy atom. The van der Waals surface area contributed by atoms with Crippen molar-refractivity contribution in [3.8, 4) is 17.2 Å². The minimum absolute atomic E-state index is 0.207. The molecule has 0 fully saturated rings. The van der Waals surface area contributed by atoms with Gasteiger partial charge in [0.2, 0.25) is 5.91 Å². The molecule has 1 N–H and O–H groups in total.